The monoisotopic (exact) mass is 368 g/mol. The van der Waals surface area contributed by atoms with Gasteiger partial charge in [0.15, 0.2) is 5.78 Å². The highest BCUT2D eigenvalue weighted by atomic mass is 16.6. The highest BCUT2D eigenvalue weighted by Crippen LogP contribution is 2.75. The molecule has 2 aliphatic heterocycles. The number of fused-ring (bicyclic) bond motifs is 2. The molecule has 0 bridgehead atoms. The Balaban J connectivity index is 1.46. The number of hydrogen-bond donors (Lipinski definition) is 0. The van der Waals surface area contributed by atoms with Crippen molar-refractivity contribution in [3.8, 4) is 0 Å². The number of carbonyl (C=O) groups is 2. The van der Waals surface area contributed by atoms with Gasteiger partial charge in [-0.1, -0.05) is 26.0 Å². The van der Waals surface area contributed by atoms with Crippen LogP contribution in [0.1, 0.15) is 65.2 Å². The van der Waals surface area contributed by atoms with Gasteiger partial charge in [0.2, 0.25) is 0 Å². The van der Waals surface area contributed by atoms with E-state index >= 15 is 0 Å². The molecule has 27 heavy (non-hydrogen) atoms. The lowest BCUT2D eigenvalue weighted by molar-refractivity contribution is -0.149. The Morgan fingerprint density at radius 2 is 1.96 bits per heavy atom. The lowest BCUT2D eigenvalue weighted by atomic mass is 9.46. The van der Waals surface area contributed by atoms with E-state index in [-0.39, 0.29) is 33.8 Å². The number of rotatable bonds is 0. The molecule has 0 aromatic carbocycles. The fraction of sp³-hybridized carbons (Fsp3) is 0.739. The maximum atomic E-state index is 12.0. The van der Waals surface area contributed by atoms with Crippen LogP contribution >= 0.6 is 0 Å². The first-order valence-corrected chi connectivity index (χ1v) is 10.7. The van der Waals surface area contributed by atoms with Crippen LogP contribution in [0, 0.1) is 22.7 Å². The predicted octanol–water partition coefficient (Wildman–Crippen LogP) is 3.89. The summed E-state index contributed by atoms with van der Waals surface area (Å²) in [7, 11) is 0. The van der Waals surface area contributed by atoms with E-state index in [9.17, 15) is 9.59 Å². The maximum absolute atomic E-state index is 12.0. The number of allylic oxidation sites excluding steroid dienone is 2. The second kappa shape index (κ2) is 4.76. The largest absolute Gasteiger partial charge is 0.459 e. The summed E-state index contributed by atoms with van der Waals surface area (Å²) in [6, 6.07) is 0. The average Bonchev–Trinajstić information content (AvgIpc) is 3.05. The summed E-state index contributed by atoms with van der Waals surface area (Å²) >= 11 is 0. The summed E-state index contributed by atoms with van der Waals surface area (Å²) in [5.41, 5.74) is 0.850. The van der Waals surface area contributed by atoms with Crippen LogP contribution < -0.4 is 0 Å². The Kier molecular flexibility index (Phi) is 2.91. The van der Waals surface area contributed by atoms with Gasteiger partial charge in [-0.25, -0.2) is 0 Å². The summed E-state index contributed by atoms with van der Waals surface area (Å²) < 4.78 is 12.5. The fourth-order valence-electron chi connectivity index (χ4n) is 7.82. The zero-order valence-corrected chi connectivity index (χ0v) is 16.3. The van der Waals surface area contributed by atoms with E-state index in [1.165, 1.54) is 5.57 Å². The maximum Gasteiger partial charge on any atom is 0.306 e. The van der Waals surface area contributed by atoms with E-state index < -0.39 is 0 Å². The van der Waals surface area contributed by atoms with E-state index in [4.69, 9.17) is 9.47 Å². The standard InChI is InChI=1S/C23H28O4/c1-14-11-18-23(26-18)17(4-3-15-12-16(24)5-7-20(15,23)2)22(14)10-9-21(13-22)8-6-19(25)27-21/h3-4,12,14,17-18H,5-11,13H2,1-2H3/t14?,17?,18?,20?,21-,22?,23?/m0/s1. The third-order valence-corrected chi connectivity index (χ3v) is 9.36. The minimum absolute atomic E-state index is 0.0204. The normalized spacial score (nSPS) is 55.2. The van der Waals surface area contributed by atoms with Gasteiger partial charge in [-0.3, -0.25) is 9.59 Å². The zero-order chi connectivity index (χ0) is 18.7. The van der Waals surface area contributed by atoms with Crippen molar-refractivity contribution in [3.05, 3.63) is 23.8 Å². The number of carbonyl (C=O) groups excluding carboxylic acids is 2. The van der Waals surface area contributed by atoms with Crippen LogP contribution in [0.3, 0.4) is 0 Å². The van der Waals surface area contributed by atoms with Crippen LogP contribution in [0.25, 0.3) is 0 Å². The Morgan fingerprint density at radius 3 is 2.74 bits per heavy atom. The van der Waals surface area contributed by atoms with Gasteiger partial charge in [0, 0.05) is 24.2 Å². The minimum atomic E-state index is -0.234. The molecule has 4 nitrogen and oxygen atoms in total. The predicted molar refractivity (Wildman–Crippen MR) is 98.8 cm³/mol. The van der Waals surface area contributed by atoms with E-state index in [2.05, 4.69) is 26.0 Å². The molecular weight excluding hydrogens is 340 g/mol. The molecule has 6 aliphatic rings. The van der Waals surface area contributed by atoms with Crippen LogP contribution in [-0.4, -0.2) is 29.1 Å². The topological polar surface area (TPSA) is 55.9 Å². The molecule has 2 saturated heterocycles. The van der Waals surface area contributed by atoms with Crippen LogP contribution in [0.2, 0.25) is 0 Å². The highest BCUT2D eigenvalue weighted by molar-refractivity contribution is 5.92. The van der Waals surface area contributed by atoms with Gasteiger partial charge in [-0.2, -0.15) is 0 Å². The summed E-state index contributed by atoms with van der Waals surface area (Å²) in [4.78, 5) is 23.9. The SMILES string of the molecule is CC1CC2OC23C(C=CC2=CC(=O)CCC23C)C12CC[C@@]1(CCC(=O)O1)C2. The molecule has 0 aromatic rings. The first kappa shape index (κ1) is 16.5. The van der Waals surface area contributed by atoms with E-state index in [0.717, 1.165) is 38.5 Å². The molecule has 2 saturated carbocycles. The third kappa shape index (κ3) is 1.79. The average molecular weight is 368 g/mol. The van der Waals surface area contributed by atoms with Gasteiger partial charge in [0.1, 0.15) is 11.2 Å². The zero-order valence-electron chi connectivity index (χ0n) is 16.3. The van der Waals surface area contributed by atoms with Crippen molar-refractivity contribution in [3.63, 3.8) is 0 Å². The van der Waals surface area contributed by atoms with Gasteiger partial charge < -0.3 is 9.47 Å². The Bertz CT molecular complexity index is 826. The lowest BCUT2D eigenvalue weighted by Gasteiger charge is -2.55. The van der Waals surface area contributed by atoms with Crippen LogP contribution in [-0.2, 0) is 19.1 Å². The van der Waals surface area contributed by atoms with E-state index in [0.29, 0.717) is 30.8 Å². The molecule has 144 valence electrons. The molecule has 3 spiro atoms. The Hall–Kier alpha value is -1.42. The molecule has 4 heteroatoms. The van der Waals surface area contributed by atoms with Crippen molar-refractivity contribution < 1.29 is 19.1 Å². The molecule has 4 aliphatic carbocycles. The van der Waals surface area contributed by atoms with Gasteiger partial charge >= 0.3 is 5.97 Å². The van der Waals surface area contributed by atoms with Crippen molar-refractivity contribution in [2.24, 2.45) is 22.7 Å². The van der Waals surface area contributed by atoms with Gasteiger partial charge in [0.05, 0.1) is 6.10 Å². The minimum Gasteiger partial charge on any atom is -0.459 e. The van der Waals surface area contributed by atoms with Crippen LogP contribution in [0.15, 0.2) is 23.8 Å². The summed E-state index contributed by atoms with van der Waals surface area (Å²) in [6.07, 6.45) is 13.9. The molecule has 6 unspecified atom stereocenters. The number of esters is 1. The molecule has 4 fully saturated rings. The third-order valence-electron chi connectivity index (χ3n) is 9.36. The number of ether oxygens (including phenoxy) is 2. The smallest absolute Gasteiger partial charge is 0.306 e. The Labute approximate surface area is 160 Å². The second-order valence-corrected chi connectivity index (χ2v) is 10.3. The molecule has 0 radical (unpaired) electrons. The van der Waals surface area contributed by atoms with Crippen molar-refractivity contribution >= 4 is 11.8 Å². The quantitative estimate of drug-likeness (QED) is 0.481. The van der Waals surface area contributed by atoms with Gasteiger partial charge in [-0.05, 0) is 61.5 Å². The molecule has 0 N–H and O–H groups in total. The first-order chi connectivity index (χ1) is 12.8. The van der Waals surface area contributed by atoms with E-state index in [1.807, 2.05) is 6.08 Å². The highest BCUT2D eigenvalue weighted by Gasteiger charge is 2.79. The van der Waals surface area contributed by atoms with Crippen molar-refractivity contribution in [2.75, 3.05) is 0 Å². The molecule has 6 rings (SSSR count). The number of ketones is 1. The molecule has 0 amide bonds. The Morgan fingerprint density at radius 1 is 1.11 bits per heavy atom. The summed E-state index contributed by atoms with van der Waals surface area (Å²) in [5.74, 6) is 1.14. The fourth-order valence-corrected chi connectivity index (χ4v) is 7.82. The molecule has 2 heterocycles. The van der Waals surface area contributed by atoms with Gasteiger partial charge in [-0.15, -0.1) is 0 Å². The van der Waals surface area contributed by atoms with Crippen molar-refractivity contribution in [1.29, 1.82) is 0 Å². The van der Waals surface area contributed by atoms with Crippen LogP contribution in [0.4, 0.5) is 0 Å². The number of hydrogen-bond acceptors (Lipinski definition) is 4. The summed E-state index contributed by atoms with van der Waals surface area (Å²) in [5, 5.41) is 0. The van der Waals surface area contributed by atoms with Gasteiger partial charge in [0.25, 0.3) is 0 Å². The summed E-state index contributed by atoms with van der Waals surface area (Å²) in [6.45, 7) is 4.71. The number of epoxide rings is 1. The van der Waals surface area contributed by atoms with Crippen molar-refractivity contribution in [1.82, 2.24) is 0 Å². The lowest BCUT2D eigenvalue weighted by Crippen LogP contribution is -2.57. The molecule has 7 atom stereocenters. The first-order valence-electron chi connectivity index (χ1n) is 10.7. The van der Waals surface area contributed by atoms with E-state index in [1.54, 1.807) is 0 Å². The van der Waals surface area contributed by atoms with Crippen LogP contribution in [0.5, 0.6) is 0 Å². The van der Waals surface area contributed by atoms with Crippen molar-refractivity contribution in [2.45, 2.75) is 82.5 Å². The molecular formula is C23H28O4. The second-order valence-electron chi connectivity index (χ2n) is 10.3. The molecule has 0 aromatic heterocycles.